The van der Waals surface area contributed by atoms with Crippen molar-refractivity contribution in [2.75, 3.05) is 6.61 Å². The van der Waals surface area contributed by atoms with E-state index in [0.717, 1.165) is 16.3 Å². The number of sulfonamides is 1. The first kappa shape index (κ1) is 19.8. The van der Waals surface area contributed by atoms with Crippen molar-refractivity contribution < 1.29 is 17.9 Å². The van der Waals surface area contributed by atoms with E-state index in [9.17, 15) is 13.2 Å². The van der Waals surface area contributed by atoms with E-state index in [0.29, 0.717) is 12.0 Å². The van der Waals surface area contributed by atoms with E-state index in [1.54, 1.807) is 24.3 Å². The van der Waals surface area contributed by atoms with Crippen LogP contribution < -0.4 is 0 Å². The van der Waals surface area contributed by atoms with Gasteiger partial charge in [-0.3, -0.25) is 9.30 Å². The average molecular weight is 398 g/mol. The molecule has 1 atom stereocenters. The topological polar surface area (TPSA) is 76.0 Å². The molecule has 1 unspecified atom stereocenters. The van der Waals surface area contributed by atoms with Gasteiger partial charge in [-0.05, 0) is 24.0 Å². The number of ether oxygens (including phenoxy) is 1. The minimum atomic E-state index is -3.75. The second-order valence-corrected chi connectivity index (χ2v) is 8.24. The fourth-order valence-corrected chi connectivity index (χ4v) is 4.35. The van der Waals surface area contributed by atoms with Crippen LogP contribution in [0.5, 0.6) is 0 Å². The number of aryl methyl sites for hydroxylation is 1. The zero-order valence-corrected chi connectivity index (χ0v) is 16.2. The van der Waals surface area contributed by atoms with Gasteiger partial charge < -0.3 is 4.74 Å². The molecule has 2 aromatic carbocycles. The number of carbonyl (C=O) groups is 1. The monoisotopic (exact) mass is 398 g/mol. The summed E-state index contributed by atoms with van der Waals surface area (Å²) in [6.45, 7) is 0.217. The minimum Gasteiger partial charge on any atom is -0.464 e. The lowest BCUT2D eigenvalue weighted by Crippen LogP contribution is -2.45. The Kier molecular flexibility index (Phi) is 6.60. The molecule has 0 aromatic heterocycles. The van der Waals surface area contributed by atoms with Crippen LogP contribution >= 0.6 is 0 Å². The summed E-state index contributed by atoms with van der Waals surface area (Å²) in [7, 11) is -3.75. The maximum absolute atomic E-state index is 12.8. The van der Waals surface area contributed by atoms with Gasteiger partial charge in [0.2, 0.25) is 10.0 Å². The summed E-state index contributed by atoms with van der Waals surface area (Å²) >= 11 is 0. The van der Waals surface area contributed by atoms with Gasteiger partial charge in [0.05, 0.1) is 12.4 Å². The second-order valence-electron chi connectivity index (χ2n) is 6.37. The third kappa shape index (κ3) is 5.29. The van der Waals surface area contributed by atoms with Crippen LogP contribution in [0.1, 0.15) is 17.5 Å². The van der Waals surface area contributed by atoms with E-state index < -0.39 is 22.0 Å². The molecule has 1 aliphatic heterocycles. The molecule has 0 saturated heterocycles. The molecule has 0 amide bonds. The molecule has 1 heterocycles. The highest BCUT2D eigenvalue weighted by atomic mass is 32.2. The van der Waals surface area contributed by atoms with Crippen LogP contribution in [0.4, 0.5) is 0 Å². The van der Waals surface area contributed by atoms with Gasteiger partial charge in [0.15, 0.2) is 6.04 Å². The molecule has 6 nitrogen and oxygen atoms in total. The average Bonchev–Trinajstić information content (AvgIpc) is 2.72. The minimum absolute atomic E-state index is 0.205. The highest BCUT2D eigenvalue weighted by Gasteiger charge is 2.33. The molecule has 3 rings (SSSR count). The molecule has 146 valence electrons. The Hall–Kier alpha value is -2.93. The first-order valence-electron chi connectivity index (χ1n) is 9.02. The van der Waals surface area contributed by atoms with Crippen molar-refractivity contribution in [2.45, 2.75) is 24.6 Å². The van der Waals surface area contributed by atoms with E-state index in [1.165, 1.54) is 18.6 Å². The number of rotatable bonds is 8. The van der Waals surface area contributed by atoms with Crippen LogP contribution in [-0.4, -0.2) is 37.6 Å². The third-order valence-electron chi connectivity index (χ3n) is 4.25. The zero-order chi connectivity index (χ0) is 19.8. The van der Waals surface area contributed by atoms with Gasteiger partial charge in [0, 0.05) is 18.6 Å². The first-order valence-corrected chi connectivity index (χ1v) is 10.6. The van der Waals surface area contributed by atoms with E-state index in [4.69, 9.17) is 4.74 Å². The third-order valence-corrected chi connectivity index (χ3v) is 5.94. The quantitative estimate of drug-likeness (QED) is 0.506. The number of hydrogen-bond acceptors (Lipinski definition) is 5. The molecule has 0 fully saturated rings. The van der Waals surface area contributed by atoms with E-state index in [-0.39, 0.29) is 12.4 Å². The normalized spacial score (nSPS) is 16.1. The van der Waals surface area contributed by atoms with Crippen molar-refractivity contribution in [3.8, 4) is 0 Å². The number of esters is 1. The summed E-state index contributed by atoms with van der Waals surface area (Å²) in [6.07, 6.45) is 5.38. The fraction of sp³-hybridized carbons (Fsp3) is 0.238. The largest absolute Gasteiger partial charge is 0.464 e. The Morgan fingerprint density at radius 1 is 1.00 bits per heavy atom. The zero-order valence-electron chi connectivity index (χ0n) is 15.3. The summed E-state index contributed by atoms with van der Waals surface area (Å²) in [4.78, 5) is 16.4. The van der Waals surface area contributed by atoms with E-state index >= 15 is 0 Å². The standard InChI is InChI=1S/C21H22N2O4S/c24-21(27-15-7-12-18-8-3-1-4-9-18)20-16-22-13-14-23(20)28(25,26)17-19-10-5-2-6-11-19/h1-6,8-11,13-14,16,20H,7,12,15,17H2. The highest BCUT2D eigenvalue weighted by Crippen LogP contribution is 2.17. The van der Waals surface area contributed by atoms with Crippen LogP contribution in [0.2, 0.25) is 0 Å². The van der Waals surface area contributed by atoms with Crippen molar-refractivity contribution in [1.82, 2.24) is 4.31 Å². The van der Waals surface area contributed by atoms with E-state index in [1.807, 2.05) is 36.4 Å². The van der Waals surface area contributed by atoms with Crippen molar-refractivity contribution in [3.05, 3.63) is 84.2 Å². The lowest BCUT2D eigenvalue weighted by Gasteiger charge is -2.27. The van der Waals surface area contributed by atoms with E-state index in [2.05, 4.69) is 4.99 Å². The summed E-state index contributed by atoms with van der Waals surface area (Å²) < 4.78 is 31.9. The summed E-state index contributed by atoms with van der Waals surface area (Å²) in [5.74, 6) is -0.832. The Labute approximate surface area is 165 Å². The number of hydrogen-bond donors (Lipinski definition) is 0. The van der Waals surface area contributed by atoms with Crippen molar-refractivity contribution >= 4 is 22.2 Å². The molecule has 0 bridgehead atoms. The lowest BCUT2D eigenvalue weighted by atomic mass is 10.1. The first-order chi connectivity index (χ1) is 13.6. The van der Waals surface area contributed by atoms with Crippen molar-refractivity contribution in [2.24, 2.45) is 4.99 Å². The molecule has 0 aliphatic carbocycles. The molecular formula is C21H22N2O4S. The van der Waals surface area contributed by atoms with Gasteiger partial charge >= 0.3 is 5.97 Å². The number of aliphatic imine (C=N–C) groups is 1. The smallest absolute Gasteiger partial charge is 0.335 e. The molecule has 0 spiro atoms. The predicted molar refractivity (Wildman–Crippen MR) is 108 cm³/mol. The molecule has 2 aromatic rings. The van der Waals surface area contributed by atoms with Gasteiger partial charge in [-0.1, -0.05) is 60.7 Å². The summed E-state index contributed by atoms with van der Waals surface area (Å²) in [5.41, 5.74) is 1.81. The molecular weight excluding hydrogens is 376 g/mol. The molecule has 28 heavy (non-hydrogen) atoms. The summed E-state index contributed by atoms with van der Waals surface area (Å²) in [5, 5.41) is 0. The number of benzene rings is 2. The van der Waals surface area contributed by atoms with Crippen molar-refractivity contribution in [3.63, 3.8) is 0 Å². The molecule has 0 saturated carbocycles. The Balaban J connectivity index is 1.58. The van der Waals surface area contributed by atoms with Gasteiger partial charge in [-0.25, -0.2) is 13.2 Å². The SMILES string of the molecule is O=C(OCCCc1ccccc1)C1C=NC=CN1S(=O)(=O)Cc1ccccc1. The highest BCUT2D eigenvalue weighted by molar-refractivity contribution is 7.88. The summed E-state index contributed by atoms with van der Waals surface area (Å²) in [6, 6.07) is 17.6. The number of nitrogens with zero attached hydrogens (tertiary/aromatic N) is 2. The van der Waals surface area contributed by atoms with Gasteiger partial charge in [-0.15, -0.1) is 0 Å². The van der Waals surface area contributed by atoms with Crippen molar-refractivity contribution in [1.29, 1.82) is 0 Å². The van der Waals surface area contributed by atoms with Crippen LogP contribution in [0, 0.1) is 0 Å². The van der Waals surface area contributed by atoms with Crippen LogP contribution in [0.15, 0.2) is 78.1 Å². The molecule has 0 radical (unpaired) electrons. The van der Waals surface area contributed by atoms with Gasteiger partial charge in [0.25, 0.3) is 0 Å². The Morgan fingerprint density at radius 2 is 1.64 bits per heavy atom. The maximum Gasteiger partial charge on any atom is 0.335 e. The van der Waals surface area contributed by atoms with Crippen LogP contribution in [0.3, 0.4) is 0 Å². The molecule has 0 N–H and O–H groups in total. The number of carbonyl (C=O) groups excluding carboxylic acids is 1. The lowest BCUT2D eigenvalue weighted by molar-refractivity contribution is -0.145. The van der Waals surface area contributed by atoms with Gasteiger partial charge in [-0.2, -0.15) is 0 Å². The Bertz CT molecular complexity index is 941. The predicted octanol–water partition coefficient (Wildman–Crippen LogP) is 2.92. The van der Waals surface area contributed by atoms with Gasteiger partial charge in [0.1, 0.15) is 0 Å². The second kappa shape index (κ2) is 9.32. The molecule has 7 heteroatoms. The Morgan fingerprint density at radius 3 is 2.32 bits per heavy atom. The van der Waals surface area contributed by atoms with Crippen LogP contribution in [0.25, 0.3) is 0 Å². The van der Waals surface area contributed by atoms with Crippen LogP contribution in [-0.2, 0) is 31.7 Å². The molecule has 1 aliphatic rings. The maximum atomic E-state index is 12.8. The fourth-order valence-electron chi connectivity index (χ4n) is 2.86.